The molecule has 7 heteroatoms. The van der Waals surface area contributed by atoms with Crippen LogP contribution in [0.25, 0.3) is 22.1 Å². The van der Waals surface area contributed by atoms with Gasteiger partial charge in [0.25, 0.3) is 5.91 Å². The molecule has 0 N–H and O–H groups in total. The Bertz CT molecular complexity index is 1130. The zero-order valence-electron chi connectivity index (χ0n) is 17.8. The van der Waals surface area contributed by atoms with Crippen LogP contribution in [0.4, 0.5) is 0 Å². The number of rotatable bonds is 5. The summed E-state index contributed by atoms with van der Waals surface area (Å²) in [6, 6.07) is 12.2. The van der Waals surface area contributed by atoms with E-state index in [0.717, 1.165) is 5.56 Å². The van der Waals surface area contributed by atoms with Gasteiger partial charge in [0.1, 0.15) is 23.3 Å². The molecule has 1 aromatic heterocycles. The van der Waals surface area contributed by atoms with Crippen LogP contribution in [0.15, 0.2) is 57.9 Å². The van der Waals surface area contributed by atoms with Gasteiger partial charge in [0.2, 0.25) is 0 Å². The van der Waals surface area contributed by atoms with E-state index in [2.05, 4.69) is 0 Å². The van der Waals surface area contributed by atoms with Gasteiger partial charge >= 0.3 is 0 Å². The first-order valence-electron chi connectivity index (χ1n) is 10.2. The van der Waals surface area contributed by atoms with Crippen molar-refractivity contribution in [2.24, 2.45) is 0 Å². The van der Waals surface area contributed by atoms with Gasteiger partial charge in [-0.3, -0.25) is 9.59 Å². The topological polar surface area (TPSA) is 78.2 Å². The minimum absolute atomic E-state index is 0.00235. The number of nitrogens with zero attached hydrogens (tertiary/aromatic N) is 1. The summed E-state index contributed by atoms with van der Waals surface area (Å²) in [6.07, 6.45) is 1.45. The minimum atomic E-state index is -0.134. The number of morpholine rings is 1. The molecule has 1 fully saturated rings. The molecule has 4 rings (SSSR count). The van der Waals surface area contributed by atoms with E-state index in [4.69, 9.17) is 18.6 Å². The largest absolute Gasteiger partial charge is 0.497 e. The van der Waals surface area contributed by atoms with Crippen molar-refractivity contribution in [3.05, 3.63) is 59.0 Å². The Morgan fingerprint density at radius 1 is 1.06 bits per heavy atom. The van der Waals surface area contributed by atoms with E-state index < -0.39 is 0 Å². The van der Waals surface area contributed by atoms with Gasteiger partial charge in [0, 0.05) is 19.2 Å². The third-order valence-electron chi connectivity index (χ3n) is 5.28. The number of hydrogen-bond donors (Lipinski definition) is 0. The van der Waals surface area contributed by atoms with Crippen molar-refractivity contribution in [2.75, 3.05) is 26.8 Å². The molecule has 2 aromatic carbocycles. The number of fused-ring (bicyclic) bond motifs is 1. The summed E-state index contributed by atoms with van der Waals surface area (Å²) in [7, 11) is 1.59. The quantitative estimate of drug-likeness (QED) is 0.625. The van der Waals surface area contributed by atoms with Crippen LogP contribution in [0.5, 0.6) is 11.5 Å². The molecular formula is C24H25NO6. The normalized spacial score (nSPS) is 18.7. The molecule has 0 radical (unpaired) electrons. The van der Waals surface area contributed by atoms with Crippen LogP contribution in [0, 0.1) is 0 Å². The Morgan fingerprint density at radius 3 is 2.42 bits per heavy atom. The Morgan fingerprint density at radius 2 is 1.74 bits per heavy atom. The van der Waals surface area contributed by atoms with E-state index in [1.54, 1.807) is 42.3 Å². The van der Waals surface area contributed by atoms with E-state index >= 15 is 0 Å². The Kier molecular flexibility index (Phi) is 5.95. The van der Waals surface area contributed by atoms with Crippen LogP contribution in [0.2, 0.25) is 0 Å². The second kappa shape index (κ2) is 8.81. The number of benzene rings is 2. The maximum atomic E-state index is 12.9. The van der Waals surface area contributed by atoms with Crippen molar-refractivity contribution in [2.45, 2.75) is 26.1 Å². The highest BCUT2D eigenvalue weighted by atomic mass is 16.5. The second-order valence-corrected chi connectivity index (χ2v) is 7.71. The number of amides is 1. The zero-order chi connectivity index (χ0) is 22.0. The fraction of sp³-hybridized carbons (Fsp3) is 0.333. The maximum Gasteiger partial charge on any atom is 0.260 e. The molecule has 1 saturated heterocycles. The lowest BCUT2D eigenvalue weighted by Crippen LogP contribution is -2.49. The second-order valence-electron chi connectivity index (χ2n) is 7.71. The fourth-order valence-electron chi connectivity index (χ4n) is 3.79. The smallest absolute Gasteiger partial charge is 0.260 e. The lowest BCUT2D eigenvalue weighted by Gasteiger charge is -2.35. The highest BCUT2D eigenvalue weighted by Gasteiger charge is 2.26. The summed E-state index contributed by atoms with van der Waals surface area (Å²) < 4.78 is 22.2. The van der Waals surface area contributed by atoms with Gasteiger partial charge in [0.15, 0.2) is 12.0 Å². The van der Waals surface area contributed by atoms with Crippen molar-refractivity contribution in [3.63, 3.8) is 0 Å². The van der Waals surface area contributed by atoms with Gasteiger partial charge in [-0.05, 0) is 43.7 Å². The van der Waals surface area contributed by atoms with Crippen molar-refractivity contribution >= 4 is 16.9 Å². The molecule has 2 atom stereocenters. The fourth-order valence-corrected chi connectivity index (χ4v) is 3.79. The minimum Gasteiger partial charge on any atom is -0.497 e. The number of hydrogen-bond acceptors (Lipinski definition) is 6. The van der Waals surface area contributed by atoms with Gasteiger partial charge in [-0.15, -0.1) is 0 Å². The number of ether oxygens (including phenoxy) is 3. The van der Waals surface area contributed by atoms with Crippen LogP contribution in [-0.2, 0) is 9.53 Å². The van der Waals surface area contributed by atoms with Crippen molar-refractivity contribution in [1.29, 1.82) is 0 Å². The summed E-state index contributed by atoms with van der Waals surface area (Å²) >= 11 is 0. The Balaban J connectivity index is 1.49. The molecule has 2 heterocycles. The van der Waals surface area contributed by atoms with Gasteiger partial charge in [-0.25, -0.2) is 0 Å². The standard InChI is InChI=1S/C24H25NO6/c1-15-11-25(12-16(2)31-15)23(26)14-29-19-8-9-20-22(10-19)30-13-21(24(20)27)17-4-6-18(28-3)7-5-17/h4-10,13,15-16H,11-12,14H2,1-3H3. The highest BCUT2D eigenvalue weighted by molar-refractivity contribution is 5.83. The SMILES string of the molecule is COc1ccc(-c2coc3cc(OCC(=O)N4CC(C)OC(C)C4)ccc3c2=O)cc1. The van der Waals surface area contributed by atoms with Crippen LogP contribution in [0.3, 0.4) is 0 Å². The van der Waals surface area contributed by atoms with E-state index in [0.29, 0.717) is 41.1 Å². The summed E-state index contributed by atoms with van der Waals surface area (Å²) in [5, 5.41) is 0.447. The van der Waals surface area contributed by atoms with E-state index in [9.17, 15) is 9.59 Å². The Labute approximate surface area is 180 Å². The maximum absolute atomic E-state index is 12.9. The zero-order valence-corrected chi connectivity index (χ0v) is 17.8. The monoisotopic (exact) mass is 423 g/mol. The molecule has 1 aliphatic rings. The molecule has 162 valence electrons. The lowest BCUT2D eigenvalue weighted by molar-refractivity contribution is -0.145. The molecule has 0 bridgehead atoms. The Hall–Kier alpha value is -3.32. The predicted molar refractivity (Wildman–Crippen MR) is 117 cm³/mol. The molecule has 0 saturated carbocycles. The molecule has 7 nitrogen and oxygen atoms in total. The molecule has 2 unspecified atom stereocenters. The van der Waals surface area contributed by atoms with Gasteiger partial charge < -0.3 is 23.5 Å². The van der Waals surface area contributed by atoms with Crippen molar-refractivity contribution < 1.29 is 23.4 Å². The average molecular weight is 423 g/mol. The summed E-state index contributed by atoms with van der Waals surface area (Å²) in [4.78, 5) is 27.2. The van der Waals surface area contributed by atoms with Crippen LogP contribution in [0.1, 0.15) is 13.8 Å². The molecule has 0 spiro atoms. The first kappa shape index (κ1) is 20.9. The molecule has 0 aliphatic carbocycles. The van der Waals surface area contributed by atoms with Crippen LogP contribution < -0.4 is 14.9 Å². The van der Waals surface area contributed by atoms with Gasteiger partial charge in [-0.1, -0.05) is 12.1 Å². The van der Waals surface area contributed by atoms with Gasteiger partial charge in [-0.2, -0.15) is 0 Å². The molecule has 3 aromatic rings. The average Bonchev–Trinajstić information content (AvgIpc) is 2.77. The molecule has 31 heavy (non-hydrogen) atoms. The number of carbonyl (C=O) groups is 1. The number of methoxy groups -OCH3 is 1. The third kappa shape index (κ3) is 4.56. The van der Waals surface area contributed by atoms with Crippen LogP contribution in [-0.4, -0.2) is 49.8 Å². The summed E-state index contributed by atoms with van der Waals surface area (Å²) in [5.41, 5.74) is 1.48. The molecule has 1 aliphatic heterocycles. The number of carbonyl (C=O) groups excluding carboxylic acids is 1. The third-order valence-corrected chi connectivity index (χ3v) is 5.28. The molecule has 1 amide bonds. The summed E-state index contributed by atoms with van der Waals surface area (Å²) in [6.45, 7) is 4.91. The van der Waals surface area contributed by atoms with Crippen molar-refractivity contribution in [1.82, 2.24) is 4.90 Å². The summed E-state index contributed by atoms with van der Waals surface area (Å²) in [5.74, 6) is 1.08. The first-order valence-corrected chi connectivity index (χ1v) is 10.2. The predicted octanol–water partition coefficient (Wildman–Crippen LogP) is 3.48. The van der Waals surface area contributed by atoms with E-state index in [1.807, 2.05) is 26.0 Å². The van der Waals surface area contributed by atoms with Gasteiger partial charge in [0.05, 0.1) is 30.3 Å². The van der Waals surface area contributed by atoms with Crippen molar-refractivity contribution in [3.8, 4) is 22.6 Å². The van der Waals surface area contributed by atoms with E-state index in [-0.39, 0.29) is 30.2 Å². The lowest BCUT2D eigenvalue weighted by atomic mass is 10.1. The first-order chi connectivity index (χ1) is 14.9. The highest BCUT2D eigenvalue weighted by Crippen LogP contribution is 2.24. The molecular weight excluding hydrogens is 398 g/mol. The van der Waals surface area contributed by atoms with Crippen LogP contribution >= 0.6 is 0 Å². The van der Waals surface area contributed by atoms with E-state index in [1.165, 1.54) is 6.26 Å².